The molecule has 0 spiro atoms. The van der Waals surface area contributed by atoms with Gasteiger partial charge in [0.1, 0.15) is 11.6 Å². The summed E-state index contributed by atoms with van der Waals surface area (Å²) < 4.78 is 1.70. The molecule has 2 heterocycles. The topological polar surface area (TPSA) is 67.2 Å². The van der Waals surface area contributed by atoms with Gasteiger partial charge >= 0.3 is 0 Å². The second-order valence-electron chi connectivity index (χ2n) is 6.32. The van der Waals surface area contributed by atoms with Crippen molar-refractivity contribution >= 4 is 11.8 Å². The number of nitrogens with zero attached hydrogens (tertiary/aromatic N) is 3. The lowest BCUT2D eigenvalue weighted by molar-refractivity contribution is -0.157. The molecule has 0 saturated carbocycles. The monoisotopic (exact) mass is 292 g/mol. The maximum Gasteiger partial charge on any atom is 0.249 e. The van der Waals surface area contributed by atoms with Crippen LogP contribution in [0.25, 0.3) is 0 Å². The van der Waals surface area contributed by atoms with Gasteiger partial charge in [0.05, 0.1) is 6.20 Å². The van der Waals surface area contributed by atoms with E-state index in [0.29, 0.717) is 13.0 Å². The third kappa shape index (κ3) is 2.80. The minimum Gasteiger partial charge on any atom is -0.340 e. The van der Waals surface area contributed by atoms with E-state index in [-0.39, 0.29) is 17.7 Å². The highest BCUT2D eigenvalue weighted by Gasteiger charge is 2.47. The van der Waals surface area contributed by atoms with Crippen LogP contribution in [0.3, 0.4) is 0 Å². The minimum atomic E-state index is -0.815. The van der Waals surface area contributed by atoms with E-state index in [1.165, 1.54) is 0 Å². The van der Waals surface area contributed by atoms with Crippen molar-refractivity contribution in [1.29, 1.82) is 0 Å². The highest BCUT2D eigenvalue weighted by Crippen LogP contribution is 2.26. The van der Waals surface area contributed by atoms with Gasteiger partial charge in [-0.05, 0) is 19.3 Å². The van der Waals surface area contributed by atoms with E-state index >= 15 is 0 Å². The third-order valence-electron chi connectivity index (χ3n) is 4.19. The number of hydrogen-bond acceptors (Lipinski definition) is 3. The molecule has 1 fully saturated rings. The predicted octanol–water partition coefficient (Wildman–Crippen LogP) is 1.07. The van der Waals surface area contributed by atoms with Crippen LogP contribution in [0.4, 0.5) is 0 Å². The fourth-order valence-corrected chi connectivity index (χ4v) is 2.81. The molecule has 0 aromatic carbocycles. The first-order chi connectivity index (χ1) is 9.78. The van der Waals surface area contributed by atoms with Crippen LogP contribution in [-0.2, 0) is 23.2 Å². The molecule has 0 aliphatic carbocycles. The standard InChI is InChI=1S/C15H24N4O2/c1-6-15(4)14(21)19(9-11-7-16-18(5)8-11)12(10(2)3)13(20)17-15/h7-8,10,12H,6,9H2,1-5H3,(H,17,20). The number of aryl methyl sites for hydroxylation is 1. The molecular formula is C15H24N4O2. The van der Waals surface area contributed by atoms with Gasteiger partial charge in [0.2, 0.25) is 11.8 Å². The molecule has 1 aromatic heterocycles. The molecule has 1 saturated heterocycles. The fraction of sp³-hybridized carbons (Fsp3) is 0.667. The van der Waals surface area contributed by atoms with Crippen molar-refractivity contribution in [2.45, 2.75) is 52.2 Å². The van der Waals surface area contributed by atoms with Crippen molar-refractivity contribution in [3.05, 3.63) is 18.0 Å². The molecule has 2 amide bonds. The average molecular weight is 292 g/mol. The van der Waals surface area contributed by atoms with Crippen molar-refractivity contribution in [1.82, 2.24) is 20.0 Å². The van der Waals surface area contributed by atoms with Crippen LogP contribution in [-0.4, -0.2) is 38.1 Å². The molecule has 2 unspecified atom stereocenters. The lowest BCUT2D eigenvalue weighted by atomic mass is 9.88. The predicted molar refractivity (Wildman–Crippen MR) is 79.2 cm³/mol. The number of carbonyl (C=O) groups is 2. The van der Waals surface area contributed by atoms with Gasteiger partial charge in [-0.1, -0.05) is 20.8 Å². The lowest BCUT2D eigenvalue weighted by Crippen LogP contribution is -2.69. The van der Waals surface area contributed by atoms with Crippen LogP contribution in [0.5, 0.6) is 0 Å². The zero-order valence-corrected chi connectivity index (χ0v) is 13.4. The first-order valence-corrected chi connectivity index (χ1v) is 7.39. The smallest absolute Gasteiger partial charge is 0.249 e. The van der Waals surface area contributed by atoms with Crippen LogP contribution >= 0.6 is 0 Å². The van der Waals surface area contributed by atoms with Gasteiger partial charge in [-0.25, -0.2) is 0 Å². The van der Waals surface area contributed by atoms with Gasteiger partial charge in [-0.3, -0.25) is 14.3 Å². The van der Waals surface area contributed by atoms with E-state index in [0.717, 1.165) is 5.56 Å². The van der Waals surface area contributed by atoms with E-state index in [2.05, 4.69) is 10.4 Å². The Kier molecular flexibility index (Phi) is 4.07. The second-order valence-corrected chi connectivity index (χ2v) is 6.32. The Labute approximate surface area is 125 Å². The van der Waals surface area contributed by atoms with Crippen molar-refractivity contribution in [3.63, 3.8) is 0 Å². The number of nitrogens with one attached hydrogen (secondary N) is 1. The minimum absolute atomic E-state index is 0.0212. The maximum absolute atomic E-state index is 12.8. The van der Waals surface area contributed by atoms with Gasteiger partial charge < -0.3 is 10.2 Å². The molecule has 0 bridgehead atoms. The maximum atomic E-state index is 12.8. The Morgan fingerprint density at radius 3 is 2.57 bits per heavy atom. The summed E-state index contributed by atoms with van der Waals surface area (Å²) in [5.74, 6) is -0.0305. The van der Waals surface area contributed by atoms with E-state index in [9.17, 15) is 9.59 Å². The molecular weight excluding hydrogens is 268 g/mol. The molecule has 2 atom stereocenters. The lowest BCUT2D eigenvalue weighted by Gasteiger charge is -2.45. The fourth-order valence-electron chi connectivity index (χ4n) is 2.81. The van der Waals surface area contributed by atoms with Gasteiger partial charge in [0.15, 0.2) is 0 Å². The Balaban J connectivity index is 2.34. The Morgan fingerprint density at radius 1 is 1.43 bits per heavy atom. The number of rotatable bonds is 4. The van der Waals surface area contributed by atoms with E-state index in [4.69, 9.17) is 0 Å². The highest BCUT2D eigenvalue weighted by atomic mass is 16.2. The molecule has 1 aromatic rings. The first kappa shape index (κ1) is 15.5. The number of aromatic nitrogens is 2. The summed E-state index contributed by atoms with van der Waals surface area (Å²) >= 11 is 0. The molecule has 1 N–H and O–H groups in total. The van der Waals surface area contributed by atoms with Crippen LogP contribution in [0.15, 0.2) is 12.4 Å². The molecule has 116 valence electrons. The van der Waals surface area contributed by atoms with Crippen LogP contribution < -0.4 is 5.32 Å². The molecule has 0 radical (unpaired) electrons. The molecule has 1 aliphatic rings. The third-order valence-corrected chi connectivity index (χ3v) is 4.19. The number of hydrogen-bond donors (Lipinski definition) is 1. The van der Waals surface area contributed by atoms with Crippen molar-refractivity contribution in [2.24, 2.45) is 13.0 Å². The van der Waals surface area contributed by atoms with Crippen LogP contribution in [0.2, 0.25) is 0 Å². The number of amides is 2. The van der Waals surface area contributed by atoms with Crippen molar-refractivity contribution in [3.8, 4) is 0 Å². The summed E-state index contributed by atoms with van der Waals surface area (Å²) in [6, 6.07) is -0.433. The van der Waals surface area contributed by atoms with E-state index < -0.39 is 11.6 Å². The normalized spacial score (nSPS) is 26.4. The van der Waals surface area contributed by atoms with E-state index in [1.807, 2.05) is 34.0 Å². The SMILES string of the molecule is CCC1(C)NC(=O)C(C(C)C)N(Cc2cnn(C)c2)C1=O. The number of piperazine rings is 1. The van der Waals surface area contributed by atoms with Crippen LogP contribution in [0.1, 0.15) is 39.7 Å². The van der Waals surface area contributed by atoms with Crippen LogP contribution in [0, 0.1) is 5.92 Å². The first-order valence-electron chi connectivity index (χ1n) is 7.39. The zero-order chi connectivity index (χ0) is 15.8. The molecule has 6 nitrogen and oxygen atoms in total. The molecule has 2 rings (SSSR count). The van der Waals surface area contributed by atoms with Gasteiger partial charge in [0.25, 0.3) is 0 Å². The summed E-state index contributed by atoms with van der Waals surface area (Å²) in [7, 11) is 1.84. The van der Waals surface area contributed by atoms with E-state index in [1.54, 1.807) is 22.7 Å². The Hall–Kier alpha value is -1.85. The average Bonchev–Trinajstić information content (AvgIpc) is 2.80. The quantitative estimate of drug-likeness (QED) is 0.902. The summed E-state index contributed by atoms with van der Waals surface area (Å²) in [5, 5.41) is 7.02. The number of carbonyl (C=O) groups excluding carboxylic acids is 2. The van der Waals surface area contributed by atoms with Crippen molar-refractivity contribution in [2.75, 3.05) is 0 Å². The van der Waals surface area contributed by atoms with Gasteiger partial charge in [-0.15, -0.1) is 0 Å². The summed E-state index contributed by atoms with van der Waals surface area (Å²) in [4.78, 5) is 27.0. The molecule has 6 heteroatoms. The Morgan fingerprint density at radius 2 is 2.10 bits per heavy atom. The summed E-state index contributed by atoms with van der Waals surface area (Å²) in [6.45, 7) is 8.04. The van der Waals surface area contributed by atoms with Gasteiger partial charge in [-0.2, -0.15) is 5.10 Å². The van der Waals surface area contributed by atoms with Crippen molar-refractivity contribution < 1.29 is 9.59 Å². The summed E-state index contributed by atoms with van der Waals surface area (Å²) in [6.07, 6.45) is 4.19. The summed E-state index contributed by atoms with van der Waals surface area (Å²) in [5.41, 5.74) is 0.120. The molecule has 1 aliphatic heterocycles. The largest absolute Gasteiger partial charge is 0.340 e. The van der Waals surface area contributed by atoms with Gasteiger partial charge in [0, 0.05) is 25.4 Å². The zero-order valence-electron chi connectivity index (χ0n) is 13.4. The second kappa shape index (κ2) is 5.50. The molecule has 21 heavy (non-hydrogen) atoms. The Bertz CT molecular complexity index is 552. The highest BCUT2D eigenvalue weighted by molar-refractivity contribution is 5.99.